The number of ether oxygens (including phenoxy) is 2. The molecule has 2 aromatic heterocycles. The molecule has 0 saturated carbocycles. The summed E-state index contributed by atoms with van der Waals surface area (Å²) in [7, 11) is 3.71. The van der Waals surface area contributed by atoms with Gasteiger partial charge in [0.1, 0.15) is 11.5 Å². The number of benzene rings is 2. The Morgan fingerprint density at radius 2 is 1.79 bits per heavy atom. The number of fused-ring (bicyclic) bond motifs is 1. The lowest BCUT2D eigenvalue weighted by Crippen LogP contribution is -2.44. The van der Waals surface area contributed by atoms with Crippen LogP contribution in [0, 0.1) is 0 Å². The molecule has 0 radical (unpaired) electrons. The lowest BCUT2D eigenvalue weighted by Gasteiger charge is -2.32. The van der Waals surface area contributed by atoms with E-state index in [1.807, 2.05) is 66.7 Å². The molecule has 0 aliphatic carbocycles. The molecule has 0 bridgehead atoms. The van der Waals surface area contributed by atoms with Crippen molar-refractivity contribution in [3.05, 3.63) is 109 Å². The fourth-order valence-electron chi connectivity index (χ4n) is 5.29. The standard InChI is InChI=1S/C32H32N4O5S/c1-4-40-31(38)27-28(21-8-6-5-7-9-21)33-32-36(29(27)22-10-12-23(39-3)13-11-22)30(37)25(42-32)20-24-14-15-26(41-24)35-18-16-34(2)17-19-35/h5-15,20,29H,4,16-19H2,1-3H3/b25-20-/t29-/m0/s1. The van der Waals surface area contributed by atoms with E-state index in [0.717, 1.165) is 43.2 Å². The Morgan fingerprint density at radius 1 is 1.05 bits per heavy atom. The zero-order chi connectivity index (χ0) is 29.2. The average molecular weight is 585 g/mol. The van der Waals surface area contributed by atoms with Crippen molar-refractivity contribution < 1.29 is 18.7 Å². The van der Waals surface area contributed by atoms with Crippen molar-refractivity contribution >= 4 is 35.0 Å². The largest absolute Gasteiger partial charge is 0.497 e. The Labute approximate surface area is 247 Å². The maximum Gasteiger partial charge on any atom is 0.338 e. The molecule has 0 spiro atoms. The number of likely N-dealkylation sites (N-methyl/N-ethyl adjacent to an activating group) is 1. The smallest absolute Gasteiger partial charge is 0.338 e. The van der Waals surface area contributed by atoms with E-state index in [-0.39, 0.29) is 12.2 Å². The number of hydrogen-bond donors (Lipinski definition) is 0. The third-order valence-electron chi connectivity index (χ3n) is 7.51. The SMILES string of the molecule is CCOC(=O)C1=C(c2ccccc2)N=c2s/c(=C\c3ccc(N4CCN(C)CC4)o3)c(=O)n2[C@H]1c1ccc(OC)cc1. The van der Waals surface area contributed by atoms with E-state index in [0.29, 0.717) is 32.1 Å². The number of hydrogen-bond acceptors (Lipinski definition) is 9. The minimum Gasteiger partial charge on any atom is -0.497 e. The Bertz CT molecular complexity index is 1800. The lowest BCUT2D eigenvalue weighted by atomic mass is 9.93. The second-order valence-electron chi connectivity index (χ2n) is 10.2. The van der Waals surface area contributed by atoms with Crippen LogP contribution in [0.4, 0.5) is 5.88 Å². The van der Waals surface area contributed by atoms with Gasteiger partial charge in [0.05, 0.1) is 35.6 Å². The molecular weight excluding hydrogens is 552 g/mol. The van der Waals surface area contributed by atoms with Crippen LogP contribution < -0.4 is 24.5 Å². The summed E-state index contributed by atoms with van der Waals surface area (Å²) >= 11 is 1.27. The number of aromatic nitrogens is 1. The van der Waals surface area contributed by atoms with E-state index >= 15 is 0 Å². The summed E-state index contributed by atoms with van der Waals surface area (Å²) in [4.78, 5) is 37.5. The van der Waals surface area contributed by atoms with Crippen molar-refractivity contribution in [1.82, 2.24) is 9.47 Å². The summed E-state index contributed by atoms with van der Waals surface area (Å²) in [5.41, 5.74) is 2.04. The van der Waals surface area contributed by atoms with E-state index in [1.165, 1.54) is 11.3 Å². The summed E-state index contributed by atoms with van der Waals surface area (Å²) in [6.45, 7) is 5.65. The quantitative estimate of drug-likeness (QED) is 0.308. The van der Waals surface area contributed by atoms with Crippen LogP contribution in [-0.2, 0) is 9.53 Å². The molecule has 2 aliphatic rings. The van der Waals surface area contributed by atoms with Gasteiger partial charge >= 0.3 is 5.97 Å². The maximum absolute atomic E-state index is 14.1. The number of carbonyl (C=O) groups excluding carboxylic acids is 1. The molecule has 216 valence electrons. The number of nitrogens with zero attached hydrogens (tertiary/aromatic N) is 4. The summed E-state index contributed by atoms with van der Waals surface area (Å²) in [6, 6.07) is 19.9. The zero-order valence-electron chi connectivity index (χ0n) is 23.8. The molecule has 2 aliphatic heterocycles. The Morgan fingerprint density at radius 3 is 2.48 bits per heavy atom. The van der Waals surface area contributed by atoms with Crippen LogP contribution in [0.2, 0.25) is 0 Å². The predicted molar refractivity (Wildman–Crippen MR) is 162 cm³/mol. The van der Waals surface area contributed by atoms with Crippen molar-refractivity contribution in [3.8, 4) is 5.75 Å². The van der Waals surface area contributed by atoms with Gasteiger partial charge in [0.2, 0.25) is 0 Å². The zero-order valence-corrected chi connectivity index (χ0v) is 24.6. The third kappa shape index (κ3) is 5.31. The molecule has 1 atom stereocenters. The Balaban J connectivity index is 1.51. The number of methoxy groups -OCH3 is 1. The van der Waals surface area contributed by atoms with E-state index in [9.17, 15) is 9.59 Å². The topological polar surface area (TPSA) is 89.5 Å². The van der Waals surface area contributed by atoms with E-state index in [1.54, 1.807) is 24.7 Å². The van der Waals surface area contributed by atoms with Gasteiger partial charge < -0.3 is 23.7 Å². The van der Waals surface area contributed by atoms with Gasteiger partial charge in [-0.3, -0.25) is 9.36 Å². The van der Waals surface area contributed by atoms with Crippen LogP contribution in [0.1, 0.15) is 29.9 Å². The average Bonchev–Trinajstić information content (AvgIpc) is 3.61. The number of esters is 1. The van der Waals surface area contributed by atoms with Gasteiger partial charge in [-0.1, -0.05) is 53.8 Å². The monoisotopic (exact) mass is 584 g/mol. The second kappa shape index (κ2) is 11.8. The van der Waals surface area contributed by atoms with Gasteiger partial charge in [-0.25, -0.2) is 9.79 Å². The molecule has 6 rings (SSSR count). The minimum atomic E-state index is -0.749. The Kier molecular flexibility index (Phi) is 7.82. The van der Waals surface area contributed by atoms with Gasteiger partial charge in [-0.05, 0) is 37.7 Å². The highest BCUT2D eigenvalue weighted by molar-refractivity contribution is 7.07. The van der Waals surface area contributed by atoms with Crippen molar-refractivity contribution in [2.75, 3.05) is 51.8 Å². The van der Waals surface area contributed by atoms with Crippen LogP contribution in [0.3, 0.4) is 0 Å². The van der Waals surface area contributed by atoms with Crippen LogP contribution in [0.25, 0.3) is 11.8 Å². The molecule has 0 unspecified atom stereocenters. The van der Waals surface area contributed by atoms with Crippen LogP contribution >= 0.6 is 11.3 Å². The molecule has 2 aromatic carbocycles. The number of thiazole rings is 1. The van der Waals surface area contributed by atoms with E-state index < -0.39 is 12.0 Å². The summed E-state index contributed by atoms with van der Waals surface area (Å²) in [5, 5.41) is 0. The number of carbonyl (C=O) groups is 1. The highest BCUT2D eigenvalue weighted by Gasteiger charge is 2.35. The first-order valence-corrected chi connectivity index (χ1v) is 14.7. The highest BCUT2D eigenvalue weighted by Crippen LogP contribution is 2.35. The van der Waals surface area contributed by atoms with Gasteiger partial charge in [-0.2, -0.15) is 0 Å². The van der Waals surface area contributed by atoms with Gasteiger partial charge in [-0.15, -0.1) is 0 Å². The first-order chi connectivity index (χ1) is 20.5. The summed E-state index contributed by atoms with van der Waals surface area (Å²) < 4.78 is 19.1. The van der Waals surface area contributed by atoms with E-state index in [2.05, 4.69) is 16.8 Å². The minimum absolute atomic E-state index is 0.193. The first kappa shape index (κ1) is 27.7. The van der Waals surface area contributed by atoms with Crippen LogP contribution in [0.5, 0.6) is 5.75 Å². The van der Waals surface area contributed by atoms with Crippen molar-refractivity contribution in [2.24, 2.45) is 4.99 Å². The predicted octanol–water partition coefficient (Wildman–Crippen LogP) is 3.29. The van der Waals surface area contributed by atoms with Gasteiger partial charge in [0.15, 0.2) is 10.7 Å². The van der Waals surface area contributed by atoms with E-state index in [4.69, 9.17) is 18.9 Å². The highest BCUT2D eigenvalue weighted by atomic mass is 32.1. The number of furan rings is 1. The summed E-state index contributed by atoms with van der Waals surface area (Å²) in [5.74, 6) is 1.53. The second-order valence-corrected chi connectivity index (χ2v) is 11.2. The molecular formula is C32H32N4O5S. The van der Waals surface area contributed by atoms with Gasteiger partial charge in [0.25, 0.3) is 5.56 Å². The van der Waals surface area contributed by atoms with Crippen LogP contribution in [-0.4, -0.2) is 62.4 Å². The molecule has 1 fully saturated rings. The molecule has 10 heteroatoms. The number of rotatable bonds is 7. The molecule has 4 heterocycles. The first-order valence-electron chi connectivity index (χ1n) is 13.9. The molecule has 42 heavy (non-hydrogen) atoms. The third-order valence-corrected chi connectivity index (χ3v) is 8.49. The van der Waals surface area contributed by atoms with Gasteiger partial charge in [0, 0.05) is 43.9 Å². The molecule has 1 saturated heterocycles. The lowest BCUT2D eigenvalue weighted by molar-refractivity contribution is -0.138. The summed E-state index contributed by atoms with van der Waals surface area (Å²) in [6.07, 6.45) is 1.75. The number of anilines is 1. The van der Waals surface area contributed by atoms with Crippen molar-refractivity contribution in [2.45, 2.75) is 13.0 Å². The molecule has 0 amide bonds. The maximum atomic E-state index is 14.1. The molecule has 0 N–H and O–H groups in total. The normalized spacial score (nSPS) is 17.6. The Hall–Kier alpha value is -4.41. The molecule has 4 aromatic rings. The van der Waals surface area contributed by atoms with Crippen molar-refractivity contribution in [1.29, 1.82) is 0 Å². The van der Waals surface area contributed by atoms with Crippen LogP contribution in [0.15, 0.2) is 86.5 Å². The fourth-order valence-corrected chi connectivity index (χ4v) is 6.27. The number of piperazine rings is 1. The molecule has 9 nitrogen and oxygen atoms in total. The van der Waals surface area contributed by atoms with Crippen molar-refractivity contribution in [3.63, 3.8) is 0 Å². The fraction of sp³-hybridized carbons (Fsp3) is 0.281.